The molecule has 3 aromatic carbocycles. The first-order valence-corrected chi connectivity index (χ1v) is 11.0. The number of nitrogens with one attached hydrogen (secondary N) is 2. The van der Waals surface area contributed by atoms with E-state index in [1.807, 2.05) is 60.7 Å². The molecule has 7 heteroatoms. The molecule has 0 saturated carbocycles. The van der Waals surface area contributed by atoms with Crippen LogP contribution < -0.4 is 15.4 Å². The number of amides is 2. The van der Waals surface area contributed by atoms with Crippen molar-refractivity contribution in [3.05, 3.63) is 102 Å². The molecule has 0 aliphatic carbocycles. The fourth-order valence-electron chi connectivity index (χ4n) is 3.48. The summed E-state index contributed by atoms with van der Waals surface area (Å²) in [5.41, 5.74) is 2.64. The molecule has 0 fully saturated rings. The Morgan fingerprint density at radius 1 is 0.735 bits per heavy atom. The normalized spacial score (nSPS) is 12.3. The van der Waals surface area contributed by atoms with Gasteiger partial charge in [-0.2, -0.15) is 0 Å². The molecule has 0 aromatic heterocycles. The molecule has 0 spiro atoms. The molecule has 3 N–H and O–H groups in total. The first-order chi connectivity index (χ1) is 16.4. The zero-order chi connectivity index (χ0) is 24.3. The minimum absolute atomic E-state index is 0.0954. The Labute approximate surface area is 198 Å². The van der Waals surface area contributed by atoms with E-state index >= 15 is 0 Å². The number of carboxylic acid groups (broad SMARTS) is 1. The highest BCUT2D eigenvalue weighted by molar-refractivity contribution is 5.90. The molecule has 0 aliphatic heterocycles. The lowest BCUT2D eigenvalue weighted by Gasteiger charge is -2.21. The number of ether oxygens (including phenoxy) is 1. The summed E-state index contributed by atoms with van der Waals surface area (Å²) in [4.78, 5) is 36.3. The third-order valence-electron chi connectivity index (χ3n) is 5.20. The van der Waals surface area contributed by atoms with Crippen molar-refractivity contribution in [3.63, 3.8) is 0 Å². The number of hydrogen-bond donors (Lipinski definition) is 3. The molecule has 3 rings (SSSR count). The molecule has 7 nitrogen and oxygen atoms in total. The van der Waals surface area contributed by atoms with Crippen LogP contribution >= 0.6 is 0 Å². The van der Waals surface area contributed by atoms with E-state index in [1.165, 1.54) is 6.92 Å². The Hall–Kier alpha value is -4.13. The van der Waals surface area contributed by atoms with Crippen molar-refractivity contribution in [2.24, 2.45) is 0 Å². The minimum atomic E-state index is -1.15. The summed E-state index contributed by atoms with van der Waals surface area (Å²) in [5, 5.41) is 14.9. The number of carboxylic acids is 1. The van der Waals surface area contributed by atoms with E-state index in [-0.39, 0.29) is 18.7 Å². The van der Waals surface area contributed by atoms with Crippen LogP contribution in [-0.4, -0.2) is 35.0 Å². The van der Waals surface area contributed by atoms with E-state index in [0.29, 0.717) is 12.4 Å². The van der Waals surface area contributed by atoms with Gasteiger partial charge in [0.1, 0.15) is 24.4 Å². The van der Waals surface area contributed by atoms with Crippen LogP contribution in [0.25, 0.3) is 0 Å². The number of carbonyl (C=O) groups excluding carboxylic acids is 2. The number of rotatable bonds is 11. The first-order valence-electron chi connectivity index (χ1n) is 11.0. The lowest BCUT2D eigenvalue weighted by atomic mass is 10.0. The highest BCUT2D eigenvalue weighted by Crippen LogP contribution is 2.16. The van der Waals surface area contributed by atoms with Crippen molar-refractivity contribution in [1.29, 1.82) is 0 Å². The highest BCUT2D eigenvalue weighted by atomic mass is 16.5. The second-order valence-electron chi connectivity index (χ2n) is 7.96. The second kappa shape index (κ2) is 12.2. The van der Waals surface area contributed by atoms with Gasteiger partial charge in [0, 0.05) is 19.8 Å². The van der Waals surface area contributed by atoms with Gasteiger partial charge in [-0.15, -0.1) is 0 Å². The molecule has 2 amide bonds. The quantitative estimate of drug-likeness (QED) is 0.408. The SMILES string of the molecule is CC(=O)N[C@H](Cc1ccccc1)C(=O)N[C@@H](Cc1ccc(OCc2ccccc2)cc1)C(=O)O. The molecule has 2 atom stereocenters. The van der Waals surface area contributed by atoms with Crippen LogP contribution in [0.3, 0.4) is 0 Å². The van der Waals surface area contributed by atoms with Gasteiger partial charge in [0.2, 0.25) is 11.8 Å². The third-order valence-corrected chi connectivity index (χ3v) is 5.20. The molecule has 0 bridgehead atoms. The van der Waals surface area contributed by atoms with Gasteiger partial charge in [0.05, 0.1) is 0 Å². The third kappa shape index (κ3) is 7.78. The predicted molar refractivity (Wildman–Crippen MR) is 128 cm³/mol. The maximum absolute atomic E-state index is 12.9. The first kappa shape index (κ1) is 24.5. The van der Waals surface area contributed by atoms with Crippen molar-refractivity contribution in [2.45, 2.75) is 38.5 Å². The summed E-state index contributed by atoms with van der Waals surface area (Å²) in [6.45, 7) is 1.75. The fourth-order valence-corrected chi connectivity index (χ4v) is 3.48. The minimum Gasteiger partial charge on any atom is -0.489 e. The van der Waals surface area contributed by atoms with E-state index in [0.717, 1.165) is 16.7 Å². The van der Waals surface area contributed by atoms with Gasteiger partial charge in [0.25, 0.3) is 0 Å². The van der Waals surface area contributed by atoms with E-state index in [1.54, 1.807) is 24.3 Å². The molecule has 0 saturated heterocycles. The Kier molecular flexibility index (Phi) is 8.80. The summed E-state index contributed by atoms with van der Waals surface area (Å²) < 4.78 is 5.76. The maximum Gasteiger partial charge on any atom is 0.326 e. The number of benzene rings is 3. The van der Waals surface area contributed by atoms with Crippen molar-refractivity contribution >= 4 is 17.8 Å². The predicted octanol–water partition coefficient (Wildman–Crippen LogP) is 3.12. The zero-order valence-corrected chi connectivity index (χ0v) is 18.9. The highest BCUT2D eigenvalue weighted by Gasteiger charge is 2.26. The maximum atomic E-state index is 12.9. The van der Waals surface area contributed by atoms with E-state index in [9.17, 15) is 19.5 Å². The molecule has 0 heterocycles. The van der Waals surface area contributed by atoms with Crippen LogP contribution in [-0.2, 0) is 33.8 Å². The molecule has 34 heavy (non-hydrogen) atoms. The summed E-state index contributed by atoms with van der Waals surface area (Å²) in [6, 6.07) is 24.1. The summed E-state index contributed by atoms with van der Waals surface area (Å²) >= 11 is 0. The Balaban J connectivity index is 1.61. The van der Waals surface area contributed by atoms with Gasteiger partial charge >= 0.3 is 5.97 Å². The van der Waals surface area contributed by atoms with Crippen LogP contribution in [0, 0.1) is 0 Å². The molecular formula is C27H28N2O5. The van der Waals surface area contributed by atoms with Crippen LogP contribution in [0.4, 0.5) is 0 Å². The van der Waals surface area contributed by atoms with Gasteiger partial charge in [-0.05, 0) is 28.8 Å². The Morgan fingerprint density at radius 2 is 1.26 bits per heavy atom. The van der Waals surface area contributed by atoms with Crippen molar-refractivity contribution in [3.8, 4) is 5.75 Å². The Morgan fingerprint density at radius 3 is 1.82 bits per heavy atom. The molecule has 0 radical (unpaired) electrons. The largest absolute Gasteiger partial charge is 0.489 e. The topological polar surface area (TPSA) is 105 Å². The standard InChI is InChI=1S/C27H28N2O5/c1-19(30)28-24(16-20-8-4-2-5-9-20)26(31)29-25(27(32)33)17-21-12-14-23(15-13-21)34-18-22-10-6-3-7-11-22/h2-15,24-25H,16-18H2,1H3,(H,28,30)(H,29,31)(H,32,33)/t24-,25+/m1/s1. The van der Waals surface area contributed by atoms with Gasteiger partial charge in [0.15, 0.2) is 0 Å². The van der Waals surface area contributed by atoms with E-state index in [4.69, 9.17) is 4.74 Å². The molecule has 0 aliphatic rings. The second-order valence-corrected chi connectivity index (χ2v) is 7.96. The number of carbonyl (C=O) groups is 3. The molecule has 3 aromatic rings. The van der Waals surface area contributed by atoms with E-state index < -0.39 is 24.0 Å². The van der Waals surface area contributed by atoms with Gasteiger partial charge in [-0.3, -0.25) is 9.59 Å². The average Bonchev–Trinajstić information content (AvgIpc) is 2.83. The molecular weight excluding hydrogens is 432 g/mol. The zero-order valence-electron chi connectivity index (χ0n) is 18.9. The summed E-state index contributed by atoms with van der Waals surface area (Å²) in [6.07, 6.45) is 0.351. The molecule has 0 unspecified atom stereocenters. The lowest BCUT2D eigenvalue weighted by Crippen LogP contribution is -2.52. The van der Waals surface area contributed by atoms with Crippen molar-refractivity contribution in [1.82, 2.24) is 10.6 Å². The van der Waals surface area contributed by atoms with Crippen LogP contribution in [0.15, 0.2) is 84.9 Å². The Bertz CT molecular complexity index is 1090. The smallest absolute Gasteiger partial charge is 0.326 e. The fraction of sp³-hybridized carbons (Fsp3) is 0.222. The number of hydrogen-bond acceptors (Lipinski definition) is 4. The van der Waals surface area contributed by atoms with E-state index in [2.05, 4.69) is 10.6 Å². The van der Waals surface area contributed by atoms with Gasteiger partial charge < -0.3 is 20.5 Å². The summed E-state index contributed by atoms with van der Waals surface area (Å²) in [7, 11) is 0. The molecule has 176 valence electrons. The lowest BCUT2D eigenvalue weighted by molar-refractivity contribution is -0.142. The van der Waals surface area contributed by atoms with Crippen molar-refractivity contribution < 1.29 is 24.2 Å². The van der Waals surface area contributed by atoms with Crippen molar-refractivity contribution in [2.75, 3.05) is 0 Å². The average molecular weight is 461 g/mol. The van der Waals surface area contributed by atoms with Crippen LogP contribution in [0.2, 0.25) is 0 Å². The van der Waals surface area contributed by atoms with Crippen LogP contribution in [0.5, 0.6) is 5.75 Å². The number of aliphatic carboxylic acids is 1. The van der Waals surface area contributed by atoms with Gasteiger partial charge in [-0.1, -0.05) is 72.8 Å². The monoisotopic (exact) mass is 460 g/mol. The van der Waals surface area contributed by atoms with Gasteiger partial charge in [-0.25, -0.2) is 4.79 Å². The summed E-state index contributed by atoms with van der Waals surface area (Å²) in [5.74, 6) is -1.40. The van der Waals surface area contributed by atoms with Crippen LogP contribution in [0.1, 0.15) is 23.6 Å².